The van der Waals surface area contributed by atoms with Crippen molar-refractivity contribution in [2.75, 3.05) is 13.6 Å². The van der Waals surface area contributed by atoms with E-state index in [4.69, 9.17) is 24.0 Å². The standard InChI is InChI=1S/C28H25N5O7/c1-2-31-13-20(33(35)36)26(29-31)28(34)32-27(18-7-9-22-24(12-18)40-15-38-22)19-5-3-4-17(25(19)30-32)10-16-6-8-21-23(11-16)39-14-37-21/h6-13,19,27H,2-5,14-15H2,1H3/b17-10+/t19-,27+/m0/s1. The molecule has 4 heterocycles. The van der Waals surface area contributed by atoms with E-state index in [0.717, 1.165) is 41.7 Å². The summed E-state index contributed by atoms with van der Waals surface area (Å²) in [6.45, 7) is 2.51. The monoisotopic (exact) mass is 543 g/mol. The topological polar surface area (TPSA) is 131 Å². The van der Waals surface area contributed by atoms with Crippen molar-refractivity contribution in [1.82, 2.24) is 14.8 Å². The highest BCUT2D eigenvalue weighted by Gasteiger charge is 2.46. The maximum absolute atomic E-state index is 14.0. The largest absolute Gasteiger partial charge is 0.454 e. The van der Waals surface area contributed by atoms with Crippen LogP contribution in [0.15, 0.2) is 53.3 Å². The van der Waals surface area contributed by atoms with E-state index in [1.165, 1.54) is 15.9 Å². The third-order valence-electron chi connectivity index (χ3n) is 7.65. The minimum absolute atomic E-state index is 0.120. The highest BCUT2D eigenvalue weighted by molar-refractivity contribution is 6.09. The second-order valence-corrected chi connectivity index (χ2v) is 9.95. The van der Waals surface area contributed by atoms with Gasteiger partial charge >= 0.3 is 11.6 Å². The summed E-state index contributed by atoms with van der Waals surface area (Å²) in [7, 11) is 0. The first-order valence-corrected chi connectivity index (χ1v) is 13.1. The van der Waals surface area contributed by atoms with Crippen LogP contribution in [0.1, 0.15) is 53.8 Å². The molecular formula is C28H25N5O7. The quantitative estimate of drug-likeness (QED) is 0.334. The van der Waals surface area contributed by atoms with Crippen LogP contribution < -0.4 is 18.9 Å². The normalized spacial score (nSPS) is 21.5. The molecule has 1 amide bonds. The molecule has 3 aromatic rings. The van der Waals surface area contributed by atoms with Crippen molar-refractivity contribution in [3.8, 4) is 23.0 Å². The molecule has 204 valence electrons. The first kappa shape index (κ1) is 24.2. The number of ether oxygens (including phenoxy) is 4. The number of hydrazone groups is 1. The van der Waals surface area contributed by atoms with Gasteiger partial charge in [0.1, 0.15) is 6.20 Å². The number of nitro groups is 1. The molecule has 12 nitrogen and oxygen atoms in total. The SMILES string of the molecule is CCn1cc([N+](=O)[O-])c(C(=O)N2N=C3/C(=C/c4ccc5c(c4)OCO5)CCC[C@@H]3[C@H]2c2ccc3c(c2)OCO3)n1. The van der Waals surface area contributed by atoms with Crippen LogP contribution in [0.2, 0.25) is 0 Å². The maximum Gasteiger partial charge on any atom is 0.320 e. The fourth-order valence-corrected chi connectivity index (χ4v) is 5.77. The van der Waals surface area contributed by atoms with Gasteiger partial charge in [-0.1, -0.05) is 12.1 Å². The van der Waals surface area contributed by atoms with Crippen LogP contribution in [0.5, 0.6) is 23.0 Å². The van der Waals surface area contributed by atoms with Crippen molar-refractivity contribution in [2.45, 2.75) is 38.8 Å². The van der Waals surface area contributed by atoms with Gasteiger partial charge in [0.15, 0.2) is 23.0 Å². The second kappa shape index (κ2) is 9.40. The van der Waals surface area contributed by atoms with Crippen LogP contribution in [-0.2, 0) is 6.54 Å². The summed E-state index contributed by atoms with van der Waals surface area (Å²) in [5.41, 5.74) is 2.96. The third-order valence-corrected chi connectivity index (χ3v) is 7.65. The molecule has 0 spiro atoms. The van der Waals surface area contributed by atoms with Gasteiger partial charge in [0.2, 0.25) is 19.3 Å². The van der Waals surface area contributed by atoms with E-state index in [1.807, 2.05) is 36.4 Å². The van der Waals surface area contributed by atoms with Crippen molar-refractivity contribution in [2.24, 2.45) is 11.0 Å². The van der Waals surface area contributed by atoms with E-state index in [0.29, 0.717) is 29.5 Å². The Morgan fingerprint density at radius 3 is 2.55 bits per heavy atom. The Balaban J connectivity index is 1.32. The molecule has 0 bridgehead atoms. The van der Waals surface area contributed by atoms with E-state index in [-0.39, 0.29) is 30.9 Å². The molecule has 1 saturated carbocycles. The molecule has 2 aromatic carbocycles. The van der Waals surface area contributed by atoms with E-state index in [9.17, 15) is 14.9 Å². The van der Waals surface area contributed by atoms with E-state index in [1.54, 1.807) is 6.92 Å². The van der Waals surface area contributed by atoms with Crippen LogP contribution in [0.3, 0.4) is 0 Å². The maximum atomic E-state index is 14.0. The predicted octanol–water partition coefficient (Wildman–Crippen LogP) is 4.71. The number of carbonyl (C=O) groups is 1. The Labute approximate surface area is 228 Å². The zero-order valence-electron chi connectivity index (χ0n) is 21.6. The van der Waals surface area contributed by atoms with Gasteiger partial charge in [-0.25, -0.2) is 5.01 Å². The van der Waals surface area contributed by atoms with Gasteiger partial charge < -0.3 is 18.9 Å². The van der Waals surface area contributed by atoms with Crippen LogP contribution >= 0.6 is 0 Å². The molecule has 40 heavy (non-hydrogen) atoms. The molecule has 0 saturated heterocycles. The molecule has 4 aliphatic rings. The van der Waals surface area contributed by atoms with Gasteiger partial charge in [-0.3, -0.25) is 19.6 Å². The Hall–Kier alpha value is -4.87. The van der Waals surface area contributed by atoms with Crippen molar-refractivity contribution in [3.05, 3.63) is 75.1 Å². The summed E-state index contributed by atoms with van der Waals surface area (Å²) in [6, 6.07) is 10.8. The third kappa shape index (κ3) is 3.94. The number of hydrogen-bond donors (Lipinski definition) is 0. The van der Waals surface area contributed by atoms with Crippen LogP contribution in [0.4, 0.5) is 5.69 Å². The highest BCUT2D eigenvalue weighted by Crippen LogP contribution is 2.47. The number of aryl methyl sites for hydroxylation is 1. The van der Waals surface area contributed by atoms with Crippen LogP contribution in [0.25, 0.3) is 6.08 Å². The number of carbonyl (C=O) groups excluding carboxylic acids is 1. The van der Waals surface area contributed by atoms with Crippen molar-refractivity contribution in [3.63, 3.8) is 0 Å². The average molecular weight is 544 g/mol. The molecule has 12 heteroatoms. The zero-order valence-corrected chi connectivity index (χ0v) is 21.6. The van der Waals surface area contributed by atoms with Crippen molar-refractivity contribution >= 4 is 23.4 Å². The number of hydrogen-bond acceptors (Lipinski definition) is 9. The average Bonchev–Trinajstić information content (AvgIpc) is 3.76. The lowest BCUT2D eigenvalue weighted by Gasteiger charge is -2.29. The molecule has 3 aliphatic heterocycles. The molecule has 7 rings (SSSR count). The van der Waals surface area contributed by atoms with E-state index in [2.05, 4.69) is 11.2 Å². The predicted molar refractivity (Wildman–Crippen MR) is 141 cm³/mol. The lowest BCUT2D eigenvalue weighted by Crippen LogP contribution is -2.32. The summed E-state index contributed by atoms with van der Waals surface area (Å²) >= 11 is 0. The Morgan fingerprint density at radius 1 is 1.07 bits per heavy atom. The van der Waals surface area contributed by atoms with E-state index < -0.39 is 16.9 Å². The molecule has 0 unspecified atom stereocenters. The molecule has 1 aliphatic carbocycles. The Bertz CT molecular complexity index is 1610. The molecule has 1 aromatic heterocycles. The molecular weight excluding hydrogens is 518 g/mol. The summed E-state index contributed by atoms with van der Waals surface area (Å²) in [5.74, 6) is 1.87. The minimum Gasteiger partial charge on any atom is -0.454 e. The number of nitrogens with zero attached hydrogens (tertiary/aromatic N) is 5. The first-order valence-electron chi connectivity index (χ1n) is 13.1. The Morgan fingerprint density at radius 2 is 1.80 bits per heavy atom. The molecule has 0 N–H and O–H groups in total. The van der Waals surface area contributed by atoms with Gasteiger partial charge in [-0.05, 0) is 73.2 Å². The second-order valence-electron chi connectivity index (χ2n) is 9.95. The van der Waals surface area contributed by atoms with Crippen molar-refractivity contribution in [1.29, 1.82) is 0 Å². The van der Waals surface area contributed by atoms with Gasteiger partial charge in [-0.2, -0.15) is 10.2 Å². The highest BCUT2D eigenvalue weighted by atomic mass is 16.7. The van der Waals surface area contributed by atoms with Gasteiger partial charge in [0, 0.05) is 12.5 Å². The lowest BCUT2D eigenvalue weighted by atomic mass is 9.77. The van der Waals surface area contributed by atoms with Gasteiger partial charge in [0.25, 0.3) is 0 Å². The Kier molecular flexibility index (Phi) is 5.68. The van der Waals surface area contributed by atoms with Gasteiger partial charge in [0.05, 0.1) is 16.7 Å². The first-order chi connectivity index (χ1) is 19.5. The molecule has 0 radical (unpaired) electrons. The molecule has 2 atom stereocenters. The fourth-order valence-electron chi connectivity index (χ4n) is 5.77. The van der Waals surface area contributed by atoms with Crippen LogP contribution in [-0.4, -0.2) is 44.9 Å². The van der Waals surface area contributed by atoms with Crippen molar-refractivity contribution < 1.29 is 28.7 Å². The number of fused-ring (bicyclic) bond motifs is 3. The zero-order chi connectivity index (χ0) is 27.4. The smallest absolute Gasteiger partial charge is 0.320 e. The summed E-state index contributed by atoms with van der Waals surface area (Å²) in [4.78, 5) is 25.2. The number of rotatable bonds is 5. The lowest BCUT2D eigenvalue weighted by molar-refractivity contribution is -0.385. The summed E-state index contributed by atoms with van der Waals surface area (Å²) in [5, 5.41) is 22.3. The number of allylic oxidation sites excluding steroid dienone is 1. The summed E-state index contributed by atoms with van der Waals surface area (Å²) < 4.78 is 23.5. The number of benzene rings is 2. The number of aromatic nitrogens is 2. The van der Waals surface area contributed by atoms with E-state index >= 15 is 0 Å². The van der Waals surface area contributed by atoms with Gasteiger partial charge in [-0.15, -0.1) is 0 Å². The van der Waals surface area contributed by atoms with Crippen LogP contribution in [0, 0.1) is 16.0 Å². The minimum atomic E-state index is -0.620. The fraction of sp³-hybridized carbons (Fsp3) is 0.321. The summed E-state index contributed by atoms with van der Waals surface area (Å²) in [6.07, 6.45) is 5.82. The molecule has 1 fully saturated rings. The number of amides is 1.